The highest BCUT2D eigenvalue weighted by atomic mass is 79.9. The molecule has 0 aliphatic carbocycles. The van der Waals surface area contributed by atoms with Crippen molar-refractivity contribution in [2.45, 2.75) is 155 Å². The maximum Gasteiger partial charge on any atom is 0.0711 e. The quantitative estimate of drug-likeness (QED) is 0.0704. The highest BCUT2D eigenvalue weighted by Crippen LogP contribution is 2.50. The molecule has 0 nitrogen and oxygen atoms in total. The minimum Gasteiger partial charge on any atom is -0.144 e. The van der Waals surface area contributed by atoms with Crippen LogP contribution in [0.1, 0.15) is 152 Å². The van der Waals surface area contributed by atoms with Crippen LogP contribution in [0.25, 0.3) is 30.9 Å². The van der Waals surface area contributed by atoms with Crippen molar-refractivity contribution in [2.24, 2.45) is 0 Å². The molecule has 0 bridgehead atoms. The van der Waals surface area contributed by atoms with Crippen LogP contribution in [0.2, 0.25) is 0 Å². The number of unbranched alkanes of at least 4 members (excludes halogenated alkanes) is 18. The van der Waals surface area contributed by atoms with E-state index >= 15 is 0 Å². The Balaban J connectivity index is 1.39. The third-order valence-electron chi connectivity index (χ3n) is 8.72. The molecule has 0 aliphatic rings. The minimum absolute atomic E-state index is 1.25. The van der Waals surface area contributed by atoms with Crippen molar-refractivity contribution in [2.75, 3.05) is 0 Å². The van der Waals surface area contributed by atoms with Gasteiger partial charge in [-0.2, -0.15) is 0 Å². The van der Waals surface area contributed by atoms with Crippen molar-refractivity contribution < 1.29 is 0 Å². The van der Waals surface area contributed by atoms with Crippen LogP contribution in [0, 0.1) is 0 Å². The first-order chi connectivity index (χ1) is 20.1. The molecule has 0 N–H and O–H groups in total. The maximum absolute atomic E-state index is 3.85. The van der Waals surface area contributed by atoms with Gasteiger partial charge in [0.05, 0.1) is 17.0 Å². The van der Waals surface area contributed by atoms with Gasteiger partial charge in [0.15, 0.2) is 0 Å². The van der Waals surface area contributed by atoms with Gasteiger partial charge in [-0.05, 0) is 69.7 Å². The van der Waals surface area contributed by atoms with Crippen LogP contribution in [0.4, 0.5) is 0 Å². The lowest BCUT2D eigenvalue weighted by Crippen LogP contribution is -1.85. The van der Waals surface area contributed by atoms with Crippen LogP contribution < -0.4 is 0 Å². The van der Waals surface area contributed by atoms with Crippen LogP contribution in [0.5, 0.6) is 0 Å². The maximum atomic E-state index is 3.85. The number of rotatable bonds is 22. The second kappa shape index (κ2) is 18.8. The molecule has 0 saturated heterocycles. The Morgan fingerprint density at radius 1 is 0.439 bits per heavy atom. The van der Waals surface area contributed by atoms with Crippen molar-refractivity contribution in [3.05, 3.63) is 29.5 Å². The molecule has 0 amide bonds. The topological polar surface area (TPSA) is 0 Å². The fraction of sp³-hybridized carbons (Fsp3) is 0.667. The number of benzene rings is 1. The van der Waals surface area contributed by atoms with Crippen LogP contribution in [0.15, 0.2) is 19.7 Å². The number of hydrogen-bond donors (Lipinski definition) is 0. The molecular formula is C36H52Br2S3. The number of thiophene rings is 3. The fourth-order valence-corrected chi connectivity index (χ4v) is 11.2. The third kappa shape index (κ3) is 10.0. The molecule has 0 radical (unpaired) electrons. The summed E-state index contributed by atoms with van der Waals surface area (Å²) in [6.45, 7) is 4.61. The van der Waals surface area contributed by atoms with Crippen LogP contribution >= 0.6 is 65.9 Å². The average Bonchev–Trinajstić information content (AvgIpc) is 3.64. The summed E-state index contributed by atoms with van der Waals surface area (Å²) >= 11 is 13.7. The van der Waals surface area contributed by atoms with Crippen molar-refractivity contribution in [1.29, 1.82) is 0 Å². The molecule has 0 fully saturated rings. The molecule has 0 atom stereocenters. The first kappa shape index (κ1) is 33.9. The van der Waals surface area contributed by atoms with Gasteiger partial charge in [-0.3, -0.25) is 0 Å². The van der Waals surface area contributed by atoms with Gasteiger partial charge in [-0.25, -0.2) is 0 Å². The lowest BCUT2D eigenvalue weighted by atomic mass is 9.99. The molecule has 0 spiro atoms. The molecule has 41 heavy (non-hydrogen) atoms. The summed E-state index contributed by atoms with van der Waals surface area (Å²) in [5.74, 6) is 0. The first-order valence-corrected chi connectivity index (χ1v) is 20.9. The smallest absolute Gasteiger partial charge is 0.0711 e. The highest BCUT2D eigenvalue weighted by Gasteiger charge is 2.21. The van der Waals surface area contributed by atoms with Gasteiger partial charge in [0.25, 0.3) is 0 Å². The third-order valence-corrected chi connectivity index (χ3v) is 13.5. The molecule has 4 rings (SSSR count). The normalized spacial score (nSPS) is 12.1. The zero-order chi connectivity index (χ0) is 28.9. The van der Waals surface area contributed by atoms with Crippen LogP contribution in [0.3, 0.4) is 0 Å². The van der Waals surface area contributed by atoms with Gasteiger partial charge >= 0.3 is 0 Å². The summed E-state index contributed by atoms with van der Waals surface area (Å²) in [6, 6.07) is 4.82. The van der Waals surface area contributed by atoms with E-state index in [0.717, 1.165) is 0 Å². The van der Waals surface area contributed by atoms with E-state index in [1.165, 1.54) is 169 Å². The van der Waals surface area contributed by atoms with E-state index in [1.54, 1.807) is 20.5 Å². The monoisotopic (exact) mass is 738 g/mol. The second-order valence-corrected chi connectivity index (χ2v) is 18.2. The molecule has 0 aliphatic heterocycles. The summed E-state index contributed by atoms with van der Waals surface area (Å²) in [7, 11) is 0. The van der Waals surface area contributed by atoms with E-state index in [9.17, 15) is 0 Å². The Morgan fingerprint density at radius 2 is 0.756 bits per heavy atom. The van der Waals surface area contributed by atoms with Gasteiger partial charge in [0.2, 0.25) is 0 Å². The van der Waals surface area contributed by atoms with Crippen molar-refractivity contribution >= 4 is 96.8 Å². The van der Waals surface area contributed by atoms with Gasteiger partial charge in [0, 0.05) is 31.3 Å². The van der Waals surface area contributed by atoms with Crippen molar-refractivity contribution in [3.63, 3.8) is 0 Å². The highest BCUT2D eigenvalue weighted by molar-refractivity contribution is 9.11. The lowest BCUT2D eigenvalue weighted by molar-refractivity contribution is 0.557. The largest absolute Gasteiger partial charge is 0.144 e. The Hall–Kier alpha value is 0.0600. The minimum atomic E-state index is 1.25. The Kier molecular flexibility index (Phi) is 15.5. The van der Waals surface area contributed by atoms with E-state index in [1.807, 2.05) is 22.7 Å². The van der Waals surface area contributed by atoms with Gasteiger partial charge < -0.3 is 0 Å². The van der Waals surface area contributed by atoms with Crippen LogP contribution in [-0.4, -0.2) is 0 Å². The first-order valence-electron chi connectivity index (χ1n) is 16.9. The Morgan fingerprint density at radius 3 is 1.10 bits per heavy atom. The van der Waals surface area contributed by atoms with Gasteiger partial charge in [0.1, 0.15) is 0 Å². The SMILES string of the molecule is CCCCCCCCCCCCc1sc(CCCCCCCCCCCC)c2c3cc(Br)sc3c3sc(Br)cc3c12. The second-order valence-electron chi connectivity index (χ2n) is 12.1. The standard InChI is InChI=1S/C36H52Br2S3/c1-3-5-7-9-11-13-15-17-19-21-23-29-33-27-25-31(37)40-35(27)36-28(26-32(38)41-36)34(33)30(39-29)24-22-20-18-16-14-12-10-8-6-4-2/h25-26H,3-24H2,1-2H3. The molecule has 3 heterocycles. The van der Waals surface area contributed by atoms with E-state index < -0.39 is 0 Å². The van der Waals surface area contributed by atoms with Crippen molar-refractivity contribution in [1.82, 2.24) is 0 Å². The summed E-state index contributed by atoms with van der Waals surface area (Å²) in [5.41, 5.74) is 0. The number of fused-ring (bicyclic) bond motifs is 6. The predicted molar refractivity (Wildman–Crippen MR) is 199 cm³/mol. The molecule has 5 heteroatoms. The summed E-state index contributed by atoms with van der Waals surface area (Å²) in [6.07, 6.45) is 30.6. The molecule has 3 aromatic heterocycles. The van der Waals surface area contributed by atoms with Gasteiger partial charge in [-0.15, -0.1) is 34.0 Å². The molecule has 0 unspecified atom stereocenters. The predicted octanol–water partition coefficient (Wildman–Crippen LogP) is 15.8. The molecule has 4 aromatic rings. The number of halogens is 2. The zero-order valence-corrected chi connectivity index (χ0v) is 31.3. The van der Waals surface area contributed by atoms with E-state index in [4.69, 9.17) is 0 Å². The molecule has 1 aromatic carbocycles. The van der Waals surface area contributed by atoms with E-state index in [-0.39, 0.29) is 0 Å². The summed E-state index contributed by atoms with van der Waals surface area (Å²) in [5, 5.41) is 6.16. The summed E-state index contributed by atoms with van der Waals surface area (Å²) < 4.78 is 5.47. The molecule has 0 saturated carbocycles. The van der Waals surface area contributed by atoms with E-state index in [2.05, 4.69) is 69.2 Å². The summed E-state index contributed by atoms with van der Waals surface area (Å²) in [4.78, 5) is 3.31. The van der Waals surface area contributed by atoms with Crippen molar-refractivity contribution in [3.8, 4) is 0 Å². The zero-order valence-electron chi connectivity index (χ0n) is 25.7. The lowest BCUT2D eigenvalue weighted by Gasteiger charge is -2.05. The Labute approximate surface area is 279 Å². The number of aryl methyl sites for hydroxylation is 2. The molecular weight excluding hydrogens is 688 g/mol. The van der Waals surface area contributed by atoms with Crippen LogP contribution in [-0.2, 0) is 12.8 Å². The average molecular weight is 741 g/mol. The Bertz CT molecular complexity index is 1210. The number of hydrogen-bond acceptors (Lipinski definition) is 3. The fourth-order valence-electron chi connectivity index (χ4n) is 6.43. The van der Waals surface area contributed by atoms with Gasteiger partial charge in [-0.1, -0.05) is 129 Å². The van der Waals surface area contributed by atoms with E-state index in [0.29, 0.717) is 0 Å². The molecule has 228 valence electrons.